The molecule has 1 aliphatic heterocycles. The molecule has 0 bridgehead atoms. The molecule has 2 aromatic rings. The molecule has 0 unspecified atom stereocenters. The van der Waals surface area contributed by atoms with Crippen LogP contribution in [-0.4, -0.2) is 25.1 Å². The van der Waals surface area contributed by atoms with Crippen LogP contribution in [0.2, 0.25) is 0 Å². The first-order valence-corrected chi connectivity index (χ1v) is 8.18. The number of allylic oxidation sites excluding steroid dienone is 1. The first-order chi connectivity index (χ1) is 11.5. The molecule has 0 saturated heterocycles. The van der Waals surface area contributed by atoms with Crippen molar-refractivity contribution in [2.45, 2.75) is 6.54 Å². The van der Waals surface area contributed by atoms with Crippen molar-refractivity contribution in [2.24, 2.45) is 0 Å². The summed E-state index contributed by atoms with van der Waals surface area (Å²) >= 11 is 0. The molecule has 124 valence electrons. The Kier molecular flexibility index (Phi) is 4.58. The molecule has 3 rings (SSSR count). The van der Waals surface area contributed by atoms with Crippen molar-refractivity contribution in [3.05, 3.63) is 78.1 Å². The Bertz CT molecular complexity index is 740. The highest BCUT2D eigenvalue weighted by Crippen LogP contribution is 2.17. The van der Waals surface area contributed by atoms with Crippen LogP contribution in [0.4, 0.5) is 17.1 Å². The largest absolute Gasteiger partial charge is 0.399 e. The molecule has 0 fully saturated rings. The summed E-state index contributed by atoms with van der Waals surface area (Å²) in [5, 5.41) is 6.85. The fraction of sp³-hybridized carbons (Fsp3) is 0.200. The number of rotatable bonds is 5. The zero-order valence-electron chi connectivity index (χ0n) is 14.3. The molecule has 0 amide bonds. The van der Waals surface area contributed by atoms with Gasteiger partial charge in [0.2, 0.25) is 0 Å². The average Bonchev–Trinajstić information content (AvgIpc) is 2.58. The van der Waals surface area contributed by atoms with Gasteiger partial charge in [0, 0.05) is 35.4 Å². The summed E-state index contributed by atoms with van der Waals surface area (Å²) in [5.41, 5.74) is 11.1. The number of nitrogen functional groups attached to an aromatic ring is 1. The van der Waals surface area contributed by atoms with Gasteiger partial charge in [0.1, 0.15) is 6.54 Å². The Morgan fingerprint density at radius 2 is 1.62 bits per heavy atom. The lowest BCUT2D eigenvalue weighted by molar-refractivity contribution is -0.833. The van der Waals surface area contributed by atoms with E-state index >= 15 is 0 Å². The van der Waals surface area contributed by atoms with Gasteiger partial charge in [-0.15, -0.1) is 0 Å². The van der Waals surface area contributed by atoms with Crippen LogP contribution < -0.4 is 16.4 Å². The third kappa shape index (κ3) is 4.40. The fourth-order valence-corrected chi connectivity index (χ4v) is 2.51. The van der Waals surface area contributed by atoms with Gasteiger partial charge in [0.15, 0.2) is 0 Å². The van der Waals surface area contributed by atoms with Gasteiger partial charge in [-0.3, -0.25) is 4.48 Å². The summed E-state index contributed by atoms with van der Waals surface area (Å²) in [6, 6.07) is 16.3. The van der Waals surface area contributed by atoms with E-state index < -0.39 is 0 Å². The maximum absolute atomic E-state index is 5.70. The zero-order valence-corrected chi connectivity index (χ0v) is 14.3. The van der Waals surface area contributed by atoms with Gasteiger partial charge in [0.05, 0.1) is 20.3 Å². The Labute approximate surface area is 143 Å². The van der Waals surface area contributed by atoms with Crippen molar-refractivity contribution < 1.29 is 4.48 Å². The molecule has 4 heteroatoms. The molecule has 2 aromatic carbocycles. The first kappa shape index (κ1) is 16.1. The molecule has 0 atom stereocenters. The lowest BCUT2D eigenvalue weighted by atomic mass is 10.2. The number of hydrogen-bond acceptors (Lipinski definition) is 3. The van der Waals surface area contributed by atoms with Crippen molar-refractivity contribution in [2.75, 3.05) is 37.0 Å². The molecule has 4 nitrogen and oxygen atoms in total. The van der Waals surface area contributed by atoms with E-state index in [0.717, 1.165) is 40.3 Å². The van der Waals surface area contributed by atoms with Crippen LogP contribution >= 0.6 is 0 Å². The topological polar surface area (TPSA) is 50.1 Å². The van der Waals surface area contributed by atoms with Crippen molar-refractivity contribution in [3.8, 4) is 0 Å². The van der Waals surface area contributed by atoms with Crippen LogP contribution in [0.25, 0.3) is 0 Å². The maximum atomic E-state index is 5.70. The van der Waals surface area contributed by atoms with Crippen molar-refractivity contribution in [1.29, 1.82) is 0 Å². The van der Waals surface area contributed by atoms with Crippen LogP contribution in [0.1, 0.15) is 5.56 Å². The van der Waals surface area contributed by atoms with E-state index in [4.69, 9.17) is 5.73 Å². The minimum Gasteiger partial charge on any atom is -0.399 e. The molecule has 0 radical (unpaired) electrons. The number of nitrogens with two attached hydrogens (primary N) is 1. The lowest BCUT2D eigenvalue weighted by Gasteiger charge is -2.26. The summed E-state index contributed by atoms with van der Waals surface area (Å²) in [4.78, 5) is 0. The molecule has 0 saturated carbocycles. The second-order valence-electron chi connectivity index (χ2n) is 6.73. The third-order valence-electron chi connectivity index (χ3n) is 4.09. The second kappa shape index (κ2) is 6.81. The van der Waals surface area contributed by atoms with E-state index in [-0.39, 0.29) is 0 Å². The number of likely N-dealkylation sites (N-methyl/N-ethyl adjacent to an activating group) is 1. The van der Waals surface area contributed by atoms with E-state index in [9.17, 15) is 0 Å². The number of anilines is 3. The van der Waals surface area contributed by atoms with Crippen molar-refractivity contribution in [3.63, 3.8) is 0 Å². The Morgan fingerprint density at radius 3 is 2.25 bits per heavy atom. The van der Waals surface area contributed by atoms with Gasteiger partial charge in [-0.25, -0.2) is 0 Å². The molecule has 1 aliphatic rings. The van der Waals surface area contributed by atoms with Crippen LogP contribution in [0.3, 0.4) is 0 Å². The third-order valence-corrected chi connectivity index (χ3v) is 4.09. The van der Waals surface area contributed by atoms with Crippen molar-refractivity contribution in [1.82, 2.24) is 0 Å². The molecule has 4 N–H and O–H groups in total. The predicted molar refractivity (Wildman–Crippen MR) is 102 cm³/mol. The molecule has 1 heterocycles. The van der Waals surface area contributed by atoms with E-state index in [0.29, 0.717) is 0 Å². The van der Waals surface area contributed by atoms with Crippen LogP contribution in [0.5, 0.6) is 0 Å². The number of quaternary nitrogens is 1. The first-order valence-electron chi connectivity index (χ1n) is 8.18. The van der Waals surface area contributed by atoms with Gasteiger partial charge in [-0.05, 0) is 48.0 Å². The summed E-state index contributed by atoms with van der Waals surface area (Å²) in [5.74, 6) is 0. The predicted octanol–water partition coefficient (Wildman–Crippen LogP) is 3.78. The van der Waals surface area contributed by atoms with Gasteiger partial charge in [-0.2, -0.15) is 0 Å². The summed E-state index contributed by atoms with van der Waals surface area (Å²) in [6.45, 7) is 1.79. The molecular formula is C20H25N4+. The van der Waals surface area contributed by atoms with Crippen LogP contribution in [0.15, 0.2) is 72.6 Å². The maximum Gasteiger partial charge on any atom is 0.103 e. The molecule has 0 aliphatic carbocycles. The minimum atomic E-state index is 0.782. The highest BCUT2D eigenvalue weighted by atomic mass is 15.3. The summed E-state index contributed by atoms with van der Waals surface area (Å²) in [7, 11) is 4.37. The van der Waals surface area contributed by atoms with Gasteiger partial charge < -0.3 is 16.4 Å². The summed E-state index contributed by atoms with van der Waals surface area (Å²) in [6.07, 6.45) is 6.57. The number of nitrogens with zero attached hydrogens (tertiary/aromatic N) is 1. The van der Waals surface area contributed by atoms with Gasteiger partial charge in [0.25, 0.3) is 0 Å². The van der Waals surface area contributed by atoms with Gasteiger partial charge in [-0.1, -0.05) is 12.1 Å². The lowest BCUT2D eigenvalue weighted by Crippen LogP contribution is -2.35. The van der Waals surface area contributed by atoms with Crippen LogP contribution in [0, 0.1) is 0 Å². The normalized spacial score (nSPS) is 15.7. The molecule has 24 heavy (non-hydrogen) atoms. The monoisotopic (exact) mass is 321 g/mol. The van der Waals surface area contributed by atoms with E-state index in [1.54, 1.807) is 0 Å². The standard InChI is InChI=1S/C20H25N4/c1-24(2)13-11-20(12-14-24)23-19-7-3-16(4-8-19)15-22-18-9-5-17(21)6-10-18/h3-13,22-23H,14-15,21H2,1-2H3/q+1. The van der Waals surface area contributed by atoms with Crippen LogP contribution in [-0.2, 0) is 6.54 Å². The number of benzene rings is 2. The molecule has 0 aromatic heterocycles. The van der Waals surface area contributed by atoms with E-state index in [1.165, 1.54) is 5.56 Å². The van der Waals surface area contributed by atoms with E-state index in [1.807, 2.05) is 24.3 Å². The van der Waals surface area contributed by atoms with Crippen molar-refractivity contribution >= 4 is 17.1 Å². The quantitative estimate of drug-likeness (QED) is 0.580. The Morgan fingerprint density at radius 1 is 0.958 bits per heavy atom. The smallest absolute Gasteiger partial charge is 0.103 e. The second-order valence-corrected chi connectivity index (χ2v) is 6.73. The Balaban J connectivity index is 1.55. The van der Waals surface area contributed by atoms with Gasteiger partial charge >= 0.3 is 0 Å². The minimum absolute atomic E-state index is 0.782. The Hall–Kier alpha value is -2.72. The summed E-state index contributed by atoms with van der Waals surface area (Å²) < 4.78 is 0.890. The number of hydrogen-bond donors (Lipinski definition) is 3. The molecular weight excluding hydrogens is 296 g/mol. The van der Waals surface area contributed by atoms with E-state index in [2.05, 4.69) is 67.3 Å². The highest BCUT2D eigenvalue weighted by molar-refractivity contribution is 5.53. The fourth-order valence-electron chi connectivity index (χ4n) is 2.51. The molecule has 0 spiro atoms. The average molecular weight is 321 g/mol. The SMILES string of the molecule is C[N+]1(C)C=CC(Nc2ccc(CNc3ccc(N)cc3)cc2)=CC1. The zero-order chi connectivity index (χ0) is 17.0. The highest BCUT2D eigenvalue weighted by Gasteiger charge is 2.13. The number of nitrogens with one attached hydrogen (secondary N) is 2.